The second-order valence-electron chi connectivity index (χ2n) is 6.08. The van der Waals surface area contributed by atoms with E-state index in [0.717, 1.165) is 12.1 Å². The van der Waals surface area contributed by atoms with Crippen molar-refractivity contribution in [3.63, 3.8) is 0 Å². The number of allylic oxidation sites excluding steroid dienone is 2. The van der Waals surface area contributed by atoms with Gasteiger partial charge >= 0.3 is 5.97 Å². The zero-order valence-electron chi connectivity index (χ0n) is 13.9. The van der Waals surface area contributed by atoms with Crippen LogP contribution in [0.5, 0.6) is 0 Å². The second-order valence-corrected chi connectivity index (χ2v) is 6.08. The molecule has 0 unspecified atom stereocenters. The molecule has 0 bridgehead atoms. The normalized spacial score (nSPS) is 13.1. The van der Waals surface area contributed by atoms with E-state index in [1.807, 2.05) is 19.1 Å². The minimum atomic E-state index is -0.307. The fraction of sp³-hybridized carbons (Fsp3) is 0.368. The highest BCUT2D eigenvalue weighted by atomic mass is 16.5. The van der Waals surface area contributed by atoms with Gasteiger partial charge in [0.05, 0.1) is 18.8 Å². The summed E-state index contributed by atoms with van der Waals surface area (Å²) in [5.41, 5.74) is 5.24. The summed E-state index contributed by atoms with van der Waals surface area (Å²) in [6, 6.07) is 10.2. The number of carbonyl (C=O) groups excluding carboxylic acids is 1. The molecule has 3 rings (SSSR count). The Hall–Kier alpha value is -2.36. The predicted octanol–water partition coefficient (Wildman–Crippen LogP) is 3.82. The van der Waals surface area contributed by atoms with Crippen LogP contribution in [0, 0.1) is 0 Å². The maximum Gasteiger partial charge on any atom is 0.356 e. The van der Waals surface area contributed by atoms with Gasteiger partial charge in [0.15, 0.2) is 0 Å². The van der Waals surface area contributed by atoms with Gasteiger partial charge in [-0.05, 0) is 42.0 Å². The Morgan fingerprint density at radius 2 is 2.13 bits per heavy atom. The van der Waals surface area contributed by atoms with E-state index in [-0.39, 0.29) is 11.9 Å². The number of carbonyl (C=O) groups is 1. The molecule has 120 valence electrons. The second kappa shape index (κ2) is 6.41. The first kappa shape index (κ1) is 15.5. The van der Waals surface area contributed by atoms with Crippen LogP contribution in [0.3, 0.4) is 0 Å². The number of hydrogen-bond acceptors (Lipinski definition) is 3. The quantitative estimate of drug-likeness (QED) is 0.789. The number of nitrogens with zero attached hydrogens (tertiary/aromatic N) is 2. The third-order valence-electron chi connectivity index (χ3n) is 4.13. The van der Waals surface area contributed by atoms with Crippen LogP contribution in [0.15, 0.2) is 36.4 Å². The summed E-state index contributed by atoms with van der Waals surface area (Å²) >= 11 is 0. The highest BCUT2D eigenvalue weighted by Crippen LogP contribution is 2.29. The number of fused-ring (bicyclic) bond motifs is 1. The third-order valence-corrected chi connectivity index (χ3v) is 4.13. The molecule has 1 aromatic heterocycles. The average molecular weight is 310 g/mol. The number of aromatic nitrogens is 2. The van der Waals surface area contributed by atoms with Gasteiger partial charge in [0, 0.05) is 0 Å². The lowest BCUT2D eigenvalue weighted by Crippen LogP contribution is -2.14. The van der Waals surface area contributed by atoms with Gasteiger partial charge in [0.2, 0.25) is 0 Å². The van der Waals surface area contributed by atoms with E-state index in [4.69, 9.17) is 4.74 Å². The molecule has 1 aromatic carbocycles. The fourth-order valence-electron chi connectivity index (χ4n) is 2.87. The maximum atomic E-state index is 12.2. The van der Waals surface area contributed by atoms with Crippen molar-refractivity contribution in [2.24, 2.45) is 0 Å². The van der Waals surface area contributed by atoms with Crippen molar-refractivity contribution in [1.82, 2.24) is 9.78 Å². The van der Waals surface area contributed by atoms with E-state index in [2.05, 4.69) is 43.2 Å². The van der Waals surface area contributed by atoms with Crippen LogP contribution in [-0.2, 0) is 17.7 Å². The first-order chi connectivity index (χ1) is 11.1. The standard InChI is InChI=1S/C19H22N2O2/c1-4-23-19(22)18-11-17(13(2)3)20-21(18)12-15-10-9-14-7-5-6-8-16(14)15/h5-8,10-11,13H,4,9,12H2,1-3H3. The van der Waals surface area contributed by atoms with Crippen LogP contribution in [0.1, 0.15) is 54.0 Å². The highest BCUT2D eigenvalue weighted by molar-refractivity contribution is 5.88. The molecule has 2 aromatic rings. The smallest absolute Gasteiger partial charge is 0.356 e. The van der Waals surface area contributed by atoms with Crippen LogP contribution >= 0.6 is 0 Å². The molecule has 0 fully saturated rings. The Morgan fingerprint density at radius 3 is 2.87 bits per heavy atom. The van der Waals surface area contributed by atoms with Crippen molar-refractivity contribution in [2.45, 2.75) is 39.7 Å². The van der Waals surface area contributed by atoms with Crippen LogP contribution in [0.2, 0.25) is 0 Å². The molecule has 0 saturated carbocycles. The summed E-state index contributed by atoms with van der Waals surface area (Å²) in [5, 5.41) is 4.62. The molecule has 4 nitrogen and oxygen atoms in total. The highest BCUT2D eigenvalue weighted by Gasteiger charge is 2.21. The van der Waals surface area contributed by atoms with E-state index in [1.165, 1.54) is 16.7 Å². The first-order valence-electron chi connectivity index (χ1n) is 8.12. The van der Waals surface area contributed by atoms with Crippen molar-refractivity contribution in [3.05, 3.63) is 58.9 Å². The van der Waals surface area contributed by atoms with Crippen molar-refractivity contribution in [2.75, 3.05) is 6.61 Å². The topological polar surface area (TPSA) is 44.1 Å². The number of ether oxygens (including phenoxy) is 1. The zero-order valence-corrected chi connectivity index (χ0v) is 13.9. The van der Waals surface area contributed by atoms with Crippen LogP contribution in [-0.4, -0.2) is 22.4 Å². The lowest BCUT2D eigenvalue weighted by molar-refractivity contribution is 0.0513. The Labute approximate surface area is 136 Å². The van der Waals surface area contributed by atoms with Crippen molar-refractivity contribution in [1.29, 1.82) is 0 Å². The Balaban J connectivity index is 1.92. The van der Waals surface area contributed by atoms with Gasteiger partial charge in [-0.2, -0.15) is 5.10 Å². The average Bonchev–Trinajstić information content (AvgIpc) is 3.13. The molecule has 0 aliphatic heterocycles. The summed E-state index contributed by atoms with van der Waals surface area (Å²) in [7, 11) is 0. The Kier molecular flexibility index (Phi) is 4.33. The van der Waals surface area contributed by atoms with Crippen LogP contribution in [0.4, 0.5) is 0 Å². The third kappa shape index (κ3) is 3.07. The molecule has 0 saturated heterocycles. The van der Waals surface area contributed by atoms with E-state index in [0.29, 0.717) is 18.8 Å². The lowest BCUT2D eigenvalue weighted by Gasteiger charge is -2.09. The number of rotatable bonds is 5. The summed E-state index contributed by atoms with van der Waals surface area (Å²) in [5.74, 6) is -0.0342. The van der Waals surface area contributed by atoms with Gasteiger partial charge in [-0.1, -0.05) is 44.2 Å². The molecule has 0 amide bonds. The number of benzene rings is 1. The largest absolute Gasteiger partial charge is 0.461 e. The predicted molar refractivity (Wildman–Crippen MR) is 90.4 cm³/mol. The van der Waals surface area contributed by atoms with E-state index >= 15 is 0 Å². The molecule has 1 aliphatic rings. The number of hydrogen-bond donors (Lipinski definition) is 0. The molecule has 0 N–H and O–H groups in total. The SMILES string of the molecule is CCOC(=O)c1cc(C(C)C)nn1CC1=CCc2ccccc21. The first-order valence-corrected chi connectivity index (χ1v) is 8.12. The van der Waals surface area contributed by atoms with E-state index < -0.39 is 0 Å². The molecule has 1 aliphatic carbocycles. The fourth-order valence-corrected chi connectivity index (χ4v) is 2.87. The molecular weight excluding hydrogens is 288 g/mol. The van der Waals surface area contributed by atoms with Crippen LogP contribution < -0.4 is 0 Å². The summed E-state index contributed by atoms with van der Waals surface area (Å²) in [4.78, 5) is 12.2. The molecule has 0 spiro atoms. The van der Waals surface area contributed by atoms with E-state index in [9.17, 15) is 4.79 Å². The van der Waals surface area contributed by atoms with Gasteiger partial charge in [-0.15, -0.1) is 0 Å². The molecule has 1 heterocycles. The Morgan fingerprint density at radius 1 is 1.35 bits per heavy atom. The van der Waals surface area contributed by atoms with Crippen molar-refractivity contribution >= 4 is 11.5 Å². The summed E-state index contributed by atoms with van der Waals surface area (Å²) < 4.78 is 6.96. The Bertz CT molecular complexity index is 756. The van der Waals surface area contributed by atoms with Crippen molar-refractivity contribution < 1.29 is 9.53 Å². The maximum absolute atomic E-state index is 12.2. The van der Waals surface area contributed by atoms with E-state index in [1.54, 1.807) is 4.68 Å². The molecule has 0 atom stereocenters. The zero-order chi connectivity index (χ0) is 16.4. The van der Waals surface area contributed by atoms with Gasteiger partial charge < -0.3 is 4.74 Å². The summed E-state index contributed by atoms with van der Waals surface area (Å²) in [6.07, 6.45) is 3.16. The van der Waals surface area contributed by atoms with Gasteiger partial charge in [-0.25, -0.2) is 4.79 Å². The summed E-state index contributed by atoms with van der Waals surface area (Å²) in [6.45, 7) is 6.93. The molecular formula is C19H22N2O2. The molecule has 4 heteroatoms. The molecule has 23 heavy (non-hydrogen) atoms. The molecule has 0 radical (unpaired) electrons. The lowest BCUT2D eigenvalue weighted by atomic mass is 10.1. The minimum Gasteiger partial charge on any atom is -0.461 e. The monoisotopic (exact) mass is 310 g/mol. The minimum absolute atomic E-state index is 0.272. The van der Waals surface area contributed by atoms with Crippen LogP contribution in [0.25, 0.3) is 5.57 Å². The number of esters is 1. The van der Waals surface area contributed by atoms with Gasteiger partial charge in [0.1, 0.15) is 5.69 Å². The van der Waals surface area contributed by atoms with Gasteiger partial charge in [-0.3, -0.25) is 4.68 Å². The van der Waals surface area contributed by atoms with Crippen molar-refractivity contribution in [3.8, 4) is 0 Å². The van der Waals surface area contributed by atoms with Gasteiger partial charge in [0.25, 0.3) is 0 Å².